The smallest absolute Gasteiger partial charge is 0.249 e. The van der Waals surface area contributed by atoms with E-state index in [0.717, 1.165) is 35.4 Å². The summed E-state index contributed by atoms with van der Waals surface area (Å²) in [4.78, 5) is 12.4. The largest absolute Gasteiger partial charge is 0.420 e. The van der Waals surface area contributed by atoms with Crippen molar-refractivity contribution in [2.24, 2.45) is 0 Å². The van der Waals surface area contributed by atoms with Gasteiger partial charge in [0.25, 0.3) is 0 Å². The molecule has 1 amide bonds. The number of aromatic nitrogens is 3. The Morgan fingerprint density at radius 3 is 2.82 bits per heavy atom. The fourth-order valence-corrected chi connectivity index (χ4v) is 3.47. The van der Waals surface area contributed by atoms with E-state index in [0.29, 0.717) is 17.7 Å². The fraction of sp³-hybridized carbons (Fsp3) is 0.381. The van der Waals surface area contributed by atoms with Crippen LogP contribution in [-0.2, 0) is 17.9 Å². The molecule has 28 heavy (non-hydrogen) atoms. The van der Waals surface area contributed by atoms with Gasteiger partial charge in [-0.05, 0) is 50.5 Å². The summed E-state index contributed by atoms with van der Waals surface area (Å²) in [5, 5.41) is 11.2. The lowest BCUT2D eigenvalue weighted by Crippen LogP contribution is -2.27. The van der Waals surface area contributed by atoms with Gasteiger partial charge in [-0.15, -0.1) is 10.2 Å². The van der Waals surface area contributed by atoms with E-state index < -0.39 is 0 Å². The van der Waals surface area contributed by atoms with Crippen LogP contribution in [0.2, 0.25) is 0 Å². The molecule has 0 spiro atoms. The van der Waals surface area contributed by atoms with Crippen molar-refractivity contribution in [3.05, 3.63) is 59.0 Å². The van der Waals surface area contributed by atoms with E-state index >= 15 is 0 Å². The highest BCUT2D eigenvalue weighted by Gasteiger charge is 2.26. The van der Waals surface area contributed by atoms with Gasteiger partial charge in [-0.1, -0.05) is 18.6 Å². The van der Waals surface area contributed by atoms with Crippen LogP contribution in [0.25, 0.3) is 11.5 Å². The number of hydrogen-bond donors (Lipinski definition) is 1. The number of nitrogens with one attached hydrogen (secondary N) is 1. The van der Waals surface area contributed by atoms with Crippen molar-refractivity contribution in [2.45, 2.75) is 52.1 Å². The maximum atomic E-state index is 13.2. The minimum Gasteiger partial charge on any atom is -0.420 e. The molecular weight excluding hydrogens is 359 g/mol. The van der Waals surface area contributed by atoms with E-state index in [1.807, 2.05) is 24.5 Å². The van der Waals surface area contributed by atoms with E-state index in [4.69, 9.17) is 4.42 Å². The van der Waals surface area contributed by atoms with Crippen molar-refractivity contribution < 1.29 is 13.6 Å². The molecule has 0 saturated heterocycles. The van der Waals surface area contributed by atoms with Crippen LogP contribution in [0.15, 0.2) is 34.7 Å². The second-order valence-electron chi connectivity index (χ2n) is 7.35. The molecule has 2 heterocycles. The predicted molar refractivity (Wildman–Crippen MR) is 102 cm³/mol. The molecule has 2 aromatic heterocycles. The average Bonchev–Trinajstić information content (AvgIpc) is 3.19. The Morgan fingerprint density at radius 2 is 2.11 bits per heavy atom. The molecule has 1 fully saturated rings. The lowest BCUT2D eigenvalue weighted by atomic mass is 9.85. The number of carbonyl (C=O) groups excluding carboxylic acids is 1. The summed E-state index contributed by atoms with van der Waals surface area (Å²) in [7, 11) is 0. The van der Waals surface area contributed by atoms with Gasteiger partial charge in [0, 0.05) is 23.9 Å². The van der Waals surface area contributed by atoms with Crippen molar-refractivity contribution in [3.63, 3.8) is 0 Å². The van der Waals surface area contributed by atoms with Crippen molar-refractivity contribution in [3.8, 4) is 11.5 Å². The zero-order valence-corrected chi connectivity index (χ0v) is 16.0. The van der Waals surface area contributed by atoms with Gasteiger partial charge in [-0.3, -0.25) is 4.79 Å². The lowest BCUT2D eigenvalue weighted by molar-refractivity contribution is -0.121. The molecule has 6 nitrogen and oxygen atoms in total. The first-order valence-corrected chi connectivity index (χ1v) is 9.53. The maximum absolute atomic E-state index is 13.2. The Morgan fingerprint density at radius 1 is 1.29 bits per heavy atom. The van der Waals surface area contributed by atoms with Crippen LogP contribution in [0.1, 0.15) is 48.0 Å². The molecule has 0 unspecified atom stereocenters. The van der Waals surface area contributed by atoms with Crippen molar-refractivity contribution in [2.75, 3.05) is 0 Å². The molecule has 146 valence electrons. The van der Waals surface area contributed by atoms with Gasteiger partial charge in [0.1, 0.15) is 12.4 Å². The van der Waals surface area contributed by atoms with Crippen LogP contribution < -0.4 is 5.32 Å². The topological polar surface area (TPSA) is 73.0 Å². The van der Waals surface area contributed by atoms with E-state index in [-0.39, 0.29) is 24.8 Å². The summed E-state index contributed by atoms with van der Waals surface area (Å²) in [6, 6.07) is 8.18. The molecule has 0 radical (unpaired) electrons. The van der Waals surface area contributed by atoms with Crippen LogP contribution in [0.4, 0.5) is 4.39 Å². The SMILES string of the molecule is Cc1cc(-c2nnc(C3CCC3)o2)c(C)n1CC(=O)NCc1cccc(F)c1. The van der Waals surface area contributed by atoms with Crippen molar-refractivity contribution >= 4 is 5.91 Å². The van der Waals surface area contributed by atoms with Crippen molar-refractivity contribution in [1.82, 2.24) is 20.1 Å². The van der Waals surface area contributed by atoms with E-state index in [1.54, 1.807) is 12.1 Å². The predicted octanol–water partition coefficient (Wildman–Crippen LogP) is 3.88. The number of aryl methyl sites for hydroxylation is 1. The quantitative estimate of drug-likeness (QED) is 0.702. The van der Waals surface area contributed by atoms with Gasteiger partial charge in [0.15, 0.2) is 0 Å². The van der Waals surface area contributed by atoms with Gasteiger partial charge in [-0.25, -0.2) is 4.39 Å². The molecule has 1 aliphatic rings. The normalized spacial score (nSPS) is 14.1. The summed E-state index contributed by atoms with van der Waals surface area (Å²) in [5.74, 6) is 1.14. The van der Waals surface area contributed by atoms with Crippen LogP contribution in [-0.4, -0.2) is 20.7 Å². The minimum absolute atomic E-state index is 0.140. The zero-order chi connectivity index (χ0) is 19.7. The molecule has 0 atom stereocenters. The van der Waals surface area contributed by atoms with Gasteiger partial charge >= 0.3 is 0 Å². The lowest BCUT2D eigenvalue weighted by Gasteiger charge is -2.20. The third-order valence-electron chi connectivity index (χ3n) is 5.38. The molecule has 7 heteroatoms. The summed E-state index contributed by atoms with van der Waals surface area (Å²) in [6.45, 7) is 4.35. The number of benzene rings is 1. The third kappa shape index (κ3) is 3.69. The summed E-state index contributed by atoms with van der Waals surface area (Å²) in [5.41, 5.74) is 3.43. The van der Waals surface area contributed by atoms with Crippen LogP contribution in [0.3, 0.4) is 0 Å². The molecule has 1 N–H and O–H groups in total. The standard InChI is InChI=1S/C21H23FN4O2/c1-13-9-18(21-25-24-20(28-21)16-6-4-7-16)14(2)26(13)12-19(27)23-11-15-5-3-8-17(22)10-15/h3,5,8-10,16H,4,6-7,11-12H2,1-2H3,(H,23,27). The Hall–Kier alpha value is -2.96. The molecule has 3 aromatic rings. The number of nitrogens with zero attached hydrogens (tertiary/aromatic N) is 3. The number of carbonyl (C=O) groups is 1. The van der Waals surface area contributed by atoms with Gasteiger partial charge in [0.05, 0.1) is 5.56 Å². The molecule has 1 aliphatic carbocycles. The maximum Gasteiger partial charge on any atom is 0.249 e. The first-order chi connectivity index (χ1) is 13.5. The molecule has 1 saturated carbocycles. The Bertz CT molecular complexity index is 1000. The second-order valence-corrected chi connectivity index (χ2v) is 7.35. The first kappa shape index (κ1) is 18.4. The monoisotopic (exact) mass is 382 g/mol. The average molecular weight is 382 g/mol. The highest BCUT2D eigenvalue weighted by atomic mass is 19.1. The van der Waals surface area contributed by atoms with Crippen LogP contribution >= 0.6 is 0 Å². The number of rotatable bonds is 6. The van der Waals surface area contributed by atoms with E-state index in [2.05, 4.69) is 15.5 Å². The number of hydrogen-bond acceptors (Lipinski definition) is 4. The molecule has 0 aliphatic heterocycles. The van der Waals surface area contributed by atoms with Crippen molar-refractivity contribution in [1.29, 1.82) is 0 Å². The molecular formula is C21H23FN4O2. The third-order valence-corrected chi connectivity index (χ3v) is 5.38. The summed E-state index contributed by atoms with van der Waals surface area (Å²) in [6.07, 6.45) is 3.42. The molecule has 1 aromatic carbocycles. The second kappa shape index (κ2) is 7.58. The van der Waals surface area contributed by atoms with Crippen LogP contribution in [0, 0.1) is 19.7 Å². The Labute approximate surface area is 162 Å². The van der Waals surface area contributed by atoms with Gasteiger partial charge in [0.2, 0.25) is 17.7 Å². The fourth-order valence-electron chi connectivity index (χ4n) is 3.47. The Kier molecular flexibility index (Phi) is 4.98. The molecule has 4 rings (SSSR count). The van der Waals surface area contributed by atoms with E-state index in [9.17, 15) is 9.18 Å². The zero-order valence-electron chi connectivity index (χ0n) is 16.0. The summed E-state index contributed by atoms with van der Waals surface area (Å²) >= 11 is 0. The first-order valence-electron chi connectivity index (χ1n) is 9.53. The number of halogens is 1. The highest BCUT2D eigenvalue weighted by molar-refractivity contribution is 5.76. The summed E-state index contributed by atoms with van der Waals surface area (Å²) < 4.78 is 21.0. The van der Waals surface area contributed by atoms with E-state index in [1.165, 1.54) is 18.6 Å². The van der Waals surface area contributed by atoms with Crippen LogP contribution in [0.5, 0.6) is 0 Å². The van der Waals surface area contributed by atoms with Gasteiger partial charge in [-0.2, -0.15) is 0 Å². The minimum atomic E-state index is -0.311. The highest BCUT2D eigenvalue weighted by Crippen LogP contribution is 2.37. The number of amides is 1. The molecule has 0 bridgehead atoms. The Balaban J connectivity index is 1.44. The van der Waals surface area contributed by atoms with Gasteiger partial charge < -0.3 is 14.3 Å².